The van der Waals surface area contributed by atoms with Crippen molar-refractivity contribution in [2.45, 2.75) is 12.3 Å². The molecule has 0 aromatic carbocycles. The van der Waals surface area contributed by atoms with E-state index in [-0.39, 0.29) is 12.8 Å². The van der Waals surface area contributed by atoms with Gasteiger partial charge < -0.3 is 20.5 Å². The first kappa shape index (κ1) is 10.2. The van der Waals surface area contributed by atoms with Gasteiger partial charge in [0, 0.05) is 26.4 Å². The van der Waals surface area contributed by atoms with Crippen LogP contribution in [0.15, 0.2) is 23.9 Å². The number of likely N-dealkylation sites (N-methyl/N-ethyl adjacent to an activating group) is 1. The Labute approximate surface area is 78.3 Å². The van der Waals surface area contributed by atoms with Crippen molar-refractivity contribution in [1.29, 1.82) is 0 Å². The molecule has 1 heterocycles. The number of aliphatic hydroxyl groups is 1. The zero-order chi connectivity index (χ0) is 9.84. The summed E-state index contributed by atoms with van der Waals surface area (Å²) in [5.74, 6) is 0. The third-order valence-electron chi connectivity index (χ3n) is 2.14. The number of allylic oxidation sites excluding steroid dienone is 2. The van der Waals surface area contributed by atoms with Crippen LogP contribution in [0.2, 0.25) is 0 Å². The zero-order valence-corrected chi connectivity index (χ0v) is 7.97. The van der Waals surface area contributed by atoms with Crippen LogP contribution >= 0.6 is 0 Å². The predicted molar refractivity (Wildman–Crippen MR) is 50.8 cm³/mol. The van der Waals surface area contributed by atoms with Gasteiger partial charge >= 0.3 is 0 Å². The van der Waals surface area contributed by atoms with Gasteiger partial charge in [0.2, 0.25) is 0 Å². The van der Waals surface area contributed by atoms with Gasteiger partial charge in [-0.3, -0.25) is 0 Å². The number of methoxy groups -OCH3 is 1. The minimum atomic E-state index is -0.618. The van der Waals surface area contributed by atoms with Crippen molar-refractivity contribution in [3.8, 4) is 0 Å². The quantitative estimate of drug-likeness (QED) is 0.630. The summed E-state index contributed by atoms with van der Waals surface area (Å²) >= 11 is 0. The van der Waals surface area contributed by atoms with E-state index in [1.807, 2.05) is 30.2 Å². The maximum absolute atomic E-state index is 9.54. The molecule has 74 valence electrons. The maximum atomic E-state index is 9.54. The Hall–Kier alpha value is -0.840. The lowest BCUT2D eigenvalue weighted by atomic mass is 10.1. The van der Waals surface area contributed by atoms with Crippen LogP contribution in [0.4, 0.5) is 0 Å². The summed E-state index contributed by atoms with van der Waals surface area (Å²) in [6, 6.07) is 0. The van der Waals surface area contributed by atoms with Gasteiger partial charge in [-0.05, 0) is 12.2 Å². The predicted octanol–water partition coefficient (Wildman–Crippen LogP) is -0.336. The summed E-state index contributed by atoms with van der Waals surface area (Å²) in [6.07, 6.45) is 4.89. The van der Waals surface area contributed by atoms with Crippen LogP contribution in [-0.4, -0.2) is 43.0 Å². The topological polar surface area (TPSA) is 58.7 Å². The van der Waals surface area contributed by atoms with Gasteiger partial charge in [0.1, 0.15) is 12.3 Å². The Bertz CT molecular complexity index is 226. The number of nitrogens with two attached hydrogens (primary N) is 1. The Morgan fingerprint density at radius 2 is 2.46 bits per heavy atom. The van der Waals surface area contributed by atoms with Crippen molar-refractivity contribution in [2.24, 2.45) is 5.73 Å². The molecule has 0 aromatic heterocycles. The van der Waals surface area contributed by atoms with Gasteiger partial charge in [0.15, 0.2) is 0 Å². The first-order valence-corrected chi connectivity index (χ1v) is 4.23. The molecule has 0 aromatic rings. The number of hydrogen-bond donors (Lipinski definition) is 2. The molecule has 13 heavy (non-hydrogen) atoms. The molecule has 0 fully saturated rings. The molecule has 2 unspecified atom stereocenters. The number of ether oxygens (including phenoxy) is 1. The van der Waals surface area contributed by atoms with E-state index in [1.165, 1.54) is 0 Å². The fourth-order valence-electron chi connectivity index (χ4n) is 1.35. The highest BCUT2D eigenvalue weighted by atomic mass is 16.5. The second-order valence-electron chi connectivity index (χ2n) is 2.97. The normalized spacial score (nSPS) is 24.5. The smallest absolute Gasteiger partial charge is 0.148 e. The van der Waals surface area contributed by atoms with Crippen LogP contribution in [0.5, 0.6) is 0 Å². The Morgan fingerprint density at radius 3 is 3.00 bits per heavy atom. The molecule has 0 amide bonds. The molecule has 0 saturated heterocycles. The molecule has 2 atom stereocenters. The highest BCUT2D eigenvalue weighted by Gasteiger charge is 2.20. The van der Waals surface area contributed by atoms with Crippen molar-refractivity contribution in [2.75, 3.05) is 20.7 Å². The third-order valence-corrected chi connectivity index (χ3v) is 2.14. The molecule has 0 saturated carbocycles. The van der Waals surface area contributed by atoms with Gasteiger partial charge in [-0.25, -0.2) is 0 Å². The minimum Gasteiger partial charge on any atom is -0.386 e. The average Bonchev–Trinajstić information content (AvgIpc) is 2.17. The van der Waals surface area contributed by atoms with E-state index in [9.17, 15) is 5.11 Å². The van der Waals surface area contributed by atoms with Gasteiger partial charge in [0.05, 0.1) is 0 Å². The van der Waals surface area contributed by atoms with Crippen LogP contribution in [0.3, 0.4) is 0 Å². The summed E-state index contributed by atoms with van der Waals surface area (Å²) < 4.78 is 5.17. The number of rotatable bonds is 3. The van der Waals surface area contributed by atoms with Crippen LogP contribution in [-0.2, 0) is 4.74 Å². The second-order valence-corrected chi connectivity index (χ2v) is 2.97. The second kappa shape index (κ2) is 4.41. The standard InChI is InChI=1S/C9H16N2O2/c1-11-7(8(12)6-10)4-3-5-9(11)13-2/h3-5,8-9,12H,6,10H2,1-2H3. The highest BCUT2D eigenvalue weighted by molar-refractivity contribution is 5.21. The molecule has 0 aliphatic carbocycles. The molecule has 0 spiro atoms. The van der Waals surface area contributed by atoms with E-state index in [1.54, 1.807) is 7.11 Å². The SMILES string of the molecule is COC1C=CC=C(C(O)CN)N1C. The summed E-state index contributed by atoms with van der Waals surface area (Å²) in [6.45, 7) is 0.223. The van der Waals surface area contributed by atoms with E-state index in [4.69, 9.17) is 10.5 Å². The van der Waals surface area contributed by atoms with Crippen molar-refractivity contribution in [3.05, 3.63) is 23.9 Å². The Balaban J connectivity index is 2.74. The van der Waals surface area contributed by atoms with Crippen LogP contribution in [0.25, 0.3) is 0 Å². The molecule has 4 heteroatoms. The first-order chi connectivity index (χ1) is 6.20. The summed E-state index contributed by atoms with van der Waals surface area (Å²) in [4.78, 5) is 1.86. The number of aliphatic hydroxyl groups excluding tert-OH is 1. The van der Waals surface area contributed by atoms with Crippen LogP contribution in [0, 0.1) is 0 Å². The van der Waals surface area contributed by atoms with Crippen molar-refractivity contribution >= 4 is 0 Å². The summed E-state index contributed by atoms with van der Waals surface area (Å²) in [7, 11) is 3.49. The highest BCUT2D eigenvalue weighted by Crippen LogP contribution is 2.16. The fraction of sp³-hybridized carbons (Fsp3) is 0.556. The molecule has 1 aliphatic rings. The Kier molecular flexibility index (Phi) is 3.48. The van der Waals surface area contributed by atoms with Crippen LogP contribution < -0.4 is 5.73 Å². The summed E-state index contributed by atoms with van der Waals surface area (Å²) in [5, 5.41) is 9.54. The van der Waals surface area contributed by atoms with Gasteiger partial charge in [-0.15, -0.1) is 0 Å². The average molecular weight is 184 g/mol. The monoisotopic (exact) mass is 184 g/mol. The van der Waals surface area contributed by atoms with E-state index in [0.29, 0.717) is 0 Å². The lowest BCUT2D eigenvalue weighted by Gasteiger charge is -2.32. The third kappa shape index (κ3) is 2.09. The van der Waals surface area contributed by atoms with Gasteiger partial charge in [-0.1, -0.05) is 6.08 Å². The lowest BCUT2D eigenvalue weighted by Crippen LogP contribution is -2.39. The molecule has 1 rings (SSSR count). The number of hydrogen-bond acceptors (Lipinski definition) is 4. The van der Waals surface area contributed by atoms with E-state index < -0.39 is 6.10 Å². The van der Waals surface area contributed by atoms with Gasteiger partial charge in [0.25, 0.3) is 0 Å². The molecular formula is C9H16N2O2. The minimum absolute atomic E-state index is 0.110. The Morgan fingerprint density at radius 1 is 1.77 bits per heavy atom. The molecule has 1 aliphatic heterocycles. The van der Waals surface area contributed by atoms with Gasteiger partial charge in [-0.2, -0.15) is 0 Å². The molecule has 0 bridgehead atoms. The number of nitrogens with zero attached hydrogens (tertiary/aromatic N) is 1. The van der Waals surface area contributed by atoms with Crippen molar-refractivity contribution < 1.29 is 9.84 Å². The molecule has 3 N–H and O–H groups in total. The summed E-state index contributed by atoms with van der Waals surface area (Å²) in [5.41, 5.74) is 6.16. The van der Waals surface area contributed by atoms with E-state index in [2.05, 4.69) is 0 Å². The lowest BCUT2D eigenvalue weighted by molar-refractivity contribution is 0.0207. The zero-order valence-electron chi connectivity index (χ0n) is 7.97. The van der Waals surface area contributed by atoms with E-state index >= 15 is 0 Å². The van der Waals surface area contributed by atoms with Crippen molar-refractivity contribution in [1.82, 2.24) is 4.90 Å². The largest absolute Gasteiger partial charge is 0.386 e. The molecule has 4 nitrogen and oxygen atoms in total. The maximum Gasteiger partial charge on any atom is 0.148 e. The first-order valence-electron chi connectivity index (χ1n) is 4.23. The molecule has 0 radical (unpaired) electrons. The fourth-order valence-corrected chi connectivity index (χ4v) is 1.35. The van der Waals surface area contributed by atoms with Crippen molar-refractivity contribution in [3.63, 3.8) is 0 Å². The van der Waals surface area contributed by atoms with E-state index in [0.717, 1.165) is 5.70 Å². The molecular weight excluding hydrogens is 168 g/mol. The van der Waals surface area contributed by atoms with Crippen LogP contribution in [0.1, 0.15) is 0 Å².